The molecule has 2 heterocycles. The molecule has 0 aromatic rings. The fraction of sp³-hybridized carbons (Fsp3) is 0.929. The summed E-state index contributed by atoms with van der Waals surface area (Å²) in [7, 11) is 0. The Morgan fingerprint density at radius 2 is 2.24 bits per heavy atom. The second kappa shape index (κ2) is 4.27. The number of likely N-dealkylation sites (tertiary alicyclic amines) is 1. The van der Waals surface area contributed by atoms with Crippen LogP contribution in [-0.2, 0) is 4.79 Å². The van der Waals surface area contributed by atoms with Crippen molar-refractivity contribution in [1.29, 1.82) is 0 Å². The Morgan fingerprint density at radius 1 is 1.35 bits per heavy atom. The Hall–Kier alpha value is -0.570. The average molecular weight is 236 g/mol. The zero-order valence-corrected chi connectivity index (χ0v) is 10.9. The van der Waals surface area contributed by atoms with E-state index in [4.69, 9.17) is 0 Å². The van der Waals surface area contributed by atoms with E-state index in [1.165, 1.54) is 38.6 Å². The molecular weight excluding hydrogens is 212 g/mol. The van der Waals surface area contributed by atoms with E-state index < -0.39 is 0 Å². The number of piperidine rings is 1. The van der Waals surface area contributed by atoms with Crippen LogP contribution in [0.4, 0.5) is 0 Å². The molecule has 3 aliphatic rings. The van der Waals surface area contributed by atoms with Gasteiger partial charge in [-0.2, -0.15) is 0 Å². The third kappa shape index (κ3) is 1.70. The topological polar surface area (TPSA) is 32.3 Å². The van der Waals surface area contributed by atoms with Crippen LogP contribution in [0.3, 0.4) is 0 Å². The highest BCUT2D eigenvalue weighted by atomic mass is 16.2. The van der Waals surface area contributed by atoms with Crippen molar-refractivity contribution >= 4 is 5.91 Å². The fourth-order valence-corrected chi connectivity index (χ4v) is 4.30. The Kier molecular flexibility index (Phi) is 2.89. The molecule has 3 nitrogen and oxygen atoms in total. The number of hydrogen-bond donors (Lipinski definition) is 1. The summed E-state index contributed by atoms with van der Waals surface area (Å²) in [5.41, 5.74) is 0.423. The Morgan fingerprint density at radius 3 is 2.88 bits per heavy atom. The summed E-state index contributed by atoms with van der Waals surface area (Å²) in [5.74, 6) is 1.97. The van der Waals surface area contributed by atoms with E-state index in [1.807, 2.05) is 6.92 Å². The smallest absolute Gasteiger partial charge is 0.222 e. The van der Waals surface area contributed by atoms with Gasteiger partial charge >= 0.3 is 0 Å². The van der Waals surface area contributed by atoms with Crippen LogP contribution in [0.25, 0.3) is 0 Å². The van der Waals surface area contributed by atoms with Gasteiger partial charge in [0, 0.05) is 25.0 Å². The first-order valence-corrected chi connectivity index (χ1v) is 7.29. The number of nitrogens with one attached hydrogen (secondary N) is 1. The lowest BCUT2D eigenvalue weighted by Crippen LogP contribution is -2.61. The van der Waals surface area contributed by atoms with Crippen molar-refractivity contribution in [3.8, 4) is 0 Å². The van der Waals surface area contributed by atoms with Gasteiger partial charge in [-0.25, -0.2) is 0 Å². The number of carbonyl (C=O) groups is 1. The molecule has 0 aromatic heterocycles. The molecule has 1 N–H and O–H groups in total. The van der Waals surface area contributed by atoms with Crippen molar-refractivity contribution in [2.45, 2.75) is 51.0 Å². The maximum Gasteiger partial charge on any atom is 0.222 e. The summed E-state index contributed by atoms with van der Waals surface area (Å²) in [6.07, 6.45) is 7.29. The number of hydrogen-bond acceptors (Lipinski definition) is 2. The maximum absolute atomic E-state index is 11.8. The van der Waals surface area contributed by atoms with Crippen LogP contribution in [-0.4, -0.2) is 36.0 Å². The summed E-state index contributed by atoms with van der Waals surface area (Å²) in [4.78, 5) is 13.9. The van der Waals surface area contributed by atoms with Crippen molar-refractivity contribution in [3.63, 3.8) is 0 Å². The zero-order valence-electron chi connectivity index (χ0n) is 10.9. The number of nitrogens with zero attached hydrogens (tertiary/aromatic N) is 1. The van der Waals surface area contributed by atoms with Gasteiger partial charge < -0.3 is 10.2 Å². The van der Waals surface area contributed by atoms with Crippen molar-refractivity contribution in [3.05, 3.63) is 0 Å². The van der Waals surface area contributed by atoms with Crippen LogP contribution in [0.1, 0.15) is 45.4 Å². The van der Waals surface area contributed by atoms with Gasteiger partial charge in [-0.15, -0.1) is 0 Å². The molecule has 3 unspecified atom stereocenters. The predicted octanol–water partition coefficient (Wildman–Crippen LogP) is 1.78. The minimum atomic E-state index is 0.347. The molecule has 1 aliphatic carbocycles. The highest BCUT2D eigenvalue weighted by Gasteiger charge is 2.54. The lowest BCUT2D eigenvalue weighted by atomic mass is 9.59. The number of rotatable bonds is 2. The molecule has 17 heavy (non-hydrogen) atoms. The molecule has 2 saturated heterocycles. The van der Waals surface area contributed by atoms with Gasteiger partial charge in [-0.05, 0) is 50.5 Å². The molecule has 1 saturated carbocycles. The average Bonchev–Trinajstić information content (AvgIpc) is 2.65. The second-order valence-corrected chi connectivity index (χ2v) is 6.02. The monoisotopic (exact) mass is 236 g/mol. The van der Waals surface area contributed by atoms with Crippen molar-refractivity contribution in [2.24, 2.45) is 11.8 Å². The normalized spacial score (nSPS) is 40.9. The van der Waals surface area contributed by atoms with E-state index in [2.05, 4.69) is 10.2 Å². The first-order valence-electron chi connectivity index (χ1n) is 7.29. The fourth-order valence-electron chi connectivity index (χ4n) is 4.30. The summed E-state index contributed by atoms with van der Waals surface area (Å²) in [6.45, 7) is 5.17. The lowest BCUT2D eigenvalue weighted by Gasteiger charge is -2.53. The zero-order chi connectivity index (χ0) is 11.9. The van der Waals surface area contributed by atoms with E-state index in [1.54, 1.807) is 0 Å². The molecule has 1 amide bonds. The van der Waals surface area contributed by atoms with E-state index in [0.717, 1.165) is 19.0 Å². The standard InChI is InChI=1S/C14H24N2O/c1-2-13(17)16-9-3-4-12(10-16)14-7-5-11(14)6-8-15-14/h11-12,15H,2-10H2,1H3. The van der Waals surface area contributed by atoms with Gasteiger partial charge in [-0.1, -0.05) is 6.92 Å². The quantitative estimate of drug-likeness (QED) is 0.792. The van der Waals surface area contributed by atoms with Gasteiger partial charge in [0.05, 0.1) is 0 Å². The highest BCUT2D eigenvalue weighted by Crippen LogP contribution is 2.51. The van der Waals surface area contributed by atoms with Crippen LogP contribution in [0.15, 0.2) is 0 Å². The summed E-state index contributed by atoms with van der Waals surface area (Å²) in [5, 5.41) is 3.78. The van der Waals surface area contributed by atoms with E-state index in [0.29, 0.717) is 23.8 Å². The molecule has 2 aliphatic heterocycles. The molecule has 0 bridgehead atoms. The van der Waals surface area contributed by atoms with Gasteiger partial charge in [0.25, 0.3) is 0 Å². The van der Waals surface area contributed by atoms with Gasteiger partial charge in [0.2, 0.25) is 5.91 Å². The minimum Gasteiger partial charge on any atom is -0.342 e. The SMILES string of the molecule is CCC(=O)N1CCCC(C23CCC2CCN3)C1. The maximum atomic E-state index is 11.8. The van der Waals surface area contributed by atoms with Gasteiger partial charge in [0.15, 0.2) is 0 Å². The van der Waals surface area contributed by atoms with Crippen LogP contribution < -0.4 is 5.32 Å². The first-order chi connectivity index (χ1) is 8.26. The largest absolute Gasteiger partial charge is 0.342 e. The van der Waals surface area contributed by atoms with Crippen molar-refractivity contribution < 1.29 is 4.79 Å². The van der Waals surface area contributed by atoms with Gasteiger partial charge in [-0.3, -0.25) is 4.79 Å². The molecule has 3 heteroatoms. The first kappa shape index (κ1) is 11.5. The summed E-state index contributed by atoms with van der Waals surface area (Å²) >= 11 is 0. The third-order valence-electron chi connectivity index (χ3n) is 5.39. The van der Waals surface area contributed by atoms with Crippen LogP contribution in [0.2, 0.25) is 0 Å². The Bertz CT molecular complexity index is 317. The van der Waals surface area contributed by atoms with E-state index in [-0.39, 0.29) is 0 Å². The molecule has 0 radical (unpaired) electrons. The molecule has 0 spiro atoms. The number of carbonyl (C=O) groups excluding carboxylic acids is 1. The second-order valence-electron chi connectivity index (χ2n) is 6.02. The third-order valence-corrected chi connectivity index (χ3v) is 5.39. The summed E-state index contributed by atoms with van der Waals surface area (Å²) < 4.78 is 0. The molecule has 3 rings (SSSR count). The number of amides is 1. The minimum absolute atomic E-state index is 0.347. The molecular formula is C14H24N2O. The van der Waals surface area contributed by atoms with E-state index >= 15 is 0 Å². The number of fused-ring (bicyclic) bond motifs is 1. The predicted molar refractivity (Wildman–Crippen MR) is 67.7 cm³/mol. The van der Waals surface area contributed by atoms with Crippen molar-refractivity contribution in [1.82, 2.24) is 10.2 Å². The summed E-state index contributed by atoms with van der Waals surface area (Å²) in [6, 6.07) is 0. The Labute approximate surface area is 104 Å². The molecule has 3 fully saturated rings. The lowest BCUT2D eigenvalue weighted by molar-refractivity contribution is -0.134. The molecule has 96 valence electrons. The van der Waals surface area contributed by atoms with Crippen LogP contribution in [0.5, 0.6) is 0 Å². The van der Waals surface area contributed by atoms with E-state index in [9.17, 15) is 4.79 Å². The van der Waals surface area contributed by atoms with Crippen molar-refractivity contribution in [2.75, 3.05) is 19.6 Å². The van der Waals surface area contributed by atoms with Crippen LogP contribution >= 0.6 is 0 Å². The Balaban J connectivity index is 1.69. The highest BCUT2D eigenvalue weighted by molar-refractivity contribution is 5.75. The molecule has 3 atom stereocenters. The van der Waals surface area contributed by atoms with Gasteiger partial charge in [0.1, 0.15) is 0 Å². The van der Waals surface area contributed by atoms with Crippen LogP contribution in [0, 0.1) is 11.8 Å². The molecule has 0 aromatic carbocycles.